The van der Waals surface area contributed by atoms with Gasteiger partial charge in [-0.1, -0.05) is 12.1 Å². The van der Waals surface area contributed by atoms with Crippen molar-refractivity contribution in [2.75, 3.05) is 13.7 Å². The summed E-state index contributed by atoms with van der Waals surface area (Å²) in [4.78, 5) is 11.0. The van der Waals surface area contributed by atoms with Crippen molar-refractivity contribution in [1.82, 2.24) is 0 Å². The molecule has 2 atom stereocenters. The Kier molecular flexibility index (Phi) is 4.20. The minimum absolute atomic E-state index is 0.00555. The summed E-state index contributed by atoms with van der Waals surface area (Å²) in [6.07, 6.45) is 1.44. The van der Waals surface area contributed by atoms with E-state index in [0.717, 1.165) is 17.7 Å². The molecule has 4 nitrogen and oxygen atoms in total. The van der Waals surface area contributed by atoms with Gasteiger partial charge in [0, 0.05) is 19.8 Å². The summed E-state index contributed by atoms with van der Waals surface area (Å²) < 4.78 is 16.1. The average Bonchev–Trinajstić information content (AvgIpc) is 2.38. The Bertz CT molecular complexity index is 399. The van der Waals surface area contributed by atoms with E-state index >= 15 is 0 Å². The van der Waals surface area contributed by atoms with Crippen LogP contribution >= 0.6 is 0 Å². The third kappa shape index (κ3) is 3.23. The summed E-state index contributed by atoms with van der Waals surface area (Å²) in [6.45, 7) is 2.06. The first kappa shape index (κ1) is 12.9. The number of hydrogen-bond acceptors (Lipinski definition) is 4. The molecule has 1 fully saturated rings. The third-order valence-corrected chi connectivity index (χ3v) is 3.06. The van der Waals surface area contributed by atoms with E-state index in [2.05, 4.69) is 0 Å². The Morgan fingerprint density at radius 2 is 2.06 bits per heavy atom. The van der Waals surface area contributed by atoms with E-state index in [4.69, 9.17) is 14.2 Å². The molecule has 0 amide bonds. The van der Waals surface area contributed by atoms with Crippen molar-refractivity contribution >= 4 is 5.97 Å². The highest BCUT2D eigenvalue weighted by Gasteiger charge is 2.25. The Labute approximate surface area is 107 Å². The molecule has 2 rings (SSSR count). The maximum Gasteiger partial charge on any atom is 0.302 e. The van der Waals surface area contributed by atoms with Gasteiger partial charge in [0.05, 0.1) is 19.8 Å². The maximum absolute atomic E-state index is 11.0. The summed E-state index contributed by atoms with van der Waals surface area (Å²) in [6, 6.07) is 7.79. The number of hydrogen-bond donors (Lipinski definition) is 0. The lowest BCUT2D eigenvalue weighted by molar-refractivity contribution is -0.153. The van der Waals surface area contributed by atoms with Gasteiger partial charge in [0.2, 0.25) is 0 Å². The highest BCUT2D eigenvalue weighted by molar-refractivity contribution is 5.66. The van der Waals surface area contributed by atoms with Gasteiger partial charge in [-0.15, -0.1) is 0 Å². The molecule has 1 saturated heterocycles. The van der Waals surface area contributed by atoms with Crippen LogP contribution in [0.1, 0.15) is 31.4 Å². The molecule has 0 bridgehead atoms. The van der Waals surface area contributed by atoms with Gasteiger partial charge in [0.15, 0.2) is 0 Å². The summed E-state index contributed by atoms with van der Waals surface area (Å²) in [5.41, 5.74) is 1.09. The van der Waals surface area contributed by atoms with Gasteiger partial charge in [0.25, 0.3) is 0 Å². The van der Waals surface area contributed by atoms with Crippen molar-refractivity contribution < 1.29 is 19.0 Å². The molecule has 0 saturated carbocycles. The molecule has 0 N–H and O–H groups in total. The molecule has 1 aromatic rings. The standard InChI is InChI=1S/C14H18O4/c1-10(15)18-13-7-8-17-14(9-13)11-3-5-12(16-2)6-4-11/h3-6,13-14H,7-9H2,1-2H3/t13-,14+/m0/s1. The minimum Gasteiger partial charge on any atom is -0.497 e. The summed E-state index contributed by atoms with van der Waals surface area (Å²) in [5, 5.41) is 0. The first-order chi connectivity index (χ1) is 8.69. The van der Waals surface area contributed by atoms with E-state index in [1.807, 2.05) is 24.3 Å². The number of rotatable bonds is 3. The lowest BCUT2D eigenvalue weighted by atomic mass is 9.99. The predicted octanol–water partition coefficient (Wildman–Crippen LogP) is 2.48. The van der Waals surface area contributed by atoms with E-state index in [-0.39, 0.29) is 18.2 Å². The molecule has 98 valence electrons. The quantitative estimate of drug-likeness (QED) is 0.773. The number of carbonyl (C=O) groups excluding carboxylic acids is 1. The van der Waals surface area contributed by atoms with E-state index in [0.29, 0.717) is 13.0 Å². The number of carbonyl (C=O) groups is 1. The van der Waals surface area contributed by atoms with E-state index in [1.165, 1.54) is 6.92 Å². The van der Waals surface area contributed by atoms with Crippen LogP contribution in [0.25, 0.3) is 0 Å². The van der Waals surface area contributed by atoms with Gasteiger partial charge < -0.3 is 14.2 Å². The van der Waals surface area contributed by atoms with Crippen LogP contribution in [0, 0.1) is 0 Å². The van der Waals surface area contributed by atoms with Crippen LogP contribution in [0.5, 0.6) is 5.75 Å². The highest BCUT2D eigenvalue weighted by atomic mass is 16.6. The number of benzene rings is 1. The molecule has 1 aromatic carbocycles. The summed E-state index contributed by atoms with van der Waals surface area (Å²) in [5.74, 6) is 0.599. The zero-order valence-electron chi connectivity index (χ0n) is 10.7. The minimum atomic E-state index is -0.226. The number of ether oxygens (including phenoxy) is 3. The molecule has 0 unspecified atom stereocenters. The molecular weight excluding hydrogens is 232 g/mol. The zero-order chi connectivity index (χ0) is 13.0. The molecular formula is C14H18O4. The second-order valence-electron chi connectivity index (χ2n) is 4.39. The van der Waals surface area contributed by atoms with E-state index in [9.17, 15) is 4.79 Å². The zero-order valence-corrected chi connectivity index (χ0v) is 10.7. The fourth-order valence-corrected chi connectivity index (χ4v) is 2.16. The predicted molar refractivity (Wildman–Crippen MR) is 66.5 cm³/mol. The monoisotopic (exact) mass is 250 g/mol. The van der Waals surface area contributed by atoms with Gasteiger partial charge in [-0.25, -0.2) is 0 Å². The molecule has 0 radical (unpaired) electrons. The Morgan fingerprint density at radius 3 is 2.67 bits per heavy atom. The first-order valence-electron chi connectivity index (χ1n) is 6.12. The number of esters is 1. The first-order valence-corrected chi connectivity index (χ1v) is 6.12. The van der Waals surface area contributed by atoms with Crippen LogP contribution in [0.2, 0.25) is 0 Å². The normalized spacial score (nSPS) is 23.4. The Hall–Kier alpha value is -1.55. The van der Waals surface area contributed by atoms with Crippen molar-refractivity contribution in [2.45, 2.75) is 32.0 Å². The van der Waals surface area contributed by atoms with Crippen LogP contribution in [-0.2, 0) is 14.3 Å². The van der Waals surface area contributed by atoms with Crippen molar-refractivity contribution in [3.8, 4) is 5.75 Å². The van der Waals surface area contributed by atoms with Crippen LogP contribution in [0.3, 0.4) is 0 Å². The lowest BCUT2D eigenvalue weighted by Crippen LogP contribution is -2.27. The number of methoxy groups -OCH3 is 1. The fraction of sp³-hybridized carbons (Fsp3) is 0.500. The molecule has 0 spiro atoms. The van der Waals surface area contributed by atoms with Crippen molar-refractivity contribution in [1.29, 1.82) is 0 Å². The van der Waals surface area contributed by atoms with Crippen LogP contribution in [-0.4, -0.2) is 25.8 Å². The third-order valence-electron chi connectivity index (χ3n) is 3.06. The topological polar surface area (TPSA) is 44.8 Å². The molecule has 0 aromatic heterocycles. The molecule has 4 heteroatoms. The van der Waals surface area contributed by atoms with Crippen LogP contribution < -0.4 is 4.74 Å². The SMILES string of the molecule is COc1ccc([C@H]2C[C@@H](OC(C)=O)CCO2)cc1. The summed E-state index contributed by atoms with van der Waals surface area (Å²) >= 11 is 0. The molecule has 18 heavy (non-hydrogen) atoms. The van der Waals surface area contributed by atoms with Gasteiger partial charge in [-0.05, 0) is 17.7 Å². The highest BCUT2D eigenvalue weighted by Crippen LogP contribution is 2.30. The Balaban J connectivity index is 2.01. The fourth-order valence-electron chi connectivity index (χ4n) is 2.16. The molecule has 1 aliphatic heterocycles. The summed E-state index contributed by atoms with van der Waals surface area (Å²) in [7, 11) is 1.64. The van der Waals surface area contributed by atoms with Crippen LogP contribution in [0.15, 0.2) is 24.3 Å². The van der Waals surface area contributed by atoms with Gasteiger partial charge in [0.1, 0.15) is 11.9 Å². The largest absolute Gasteiger partial charge is 0.497 e. The van der Waals surface area contributed by atoms with Gasteiger partial charge in [-0.3, -0.25) is 4.79 Å². The smallest absolute Gasteiger partial charge is 0.302 e. The second kappa shape index (κ2) is 5.87. The molecule has 1 aliphatic rings. The molecule has 0 aliphatic carbocycles. The van der Waals surface area contributed by atoms with Crippen molar-refractivity contribution in [3.05, 3.63) is 29.8 Å². The van der Waals surface area contributed by atoms with E-state index in [1.54, 1.807) is 7.11 Å². The average molecular weight is 250 g/mol. The van der Waals surface area contributed by atoms with Crippen LogP contribution in [0.4, 0.5) is 0 Å². The van der Waals surface area contributed by atoms with Gasteiger partial charge >= 0.3 is 5.97 Å². The van der Waals surface area contributed by atoms with Crippen molar-refractivity contribution in [3.63, 3.8) is 0 Å². The van der Waals surface area contributed by atoms with E-state index < -0.39 is 0 Å². The van der Waals surface area contributed by atoms with Crippen molar-refractivity contribution in [2.24, 2.45) is 0 Å². The maximum atomic E-state index is 11.0. The molecule has 1 heterocycles. The second-order valence-corrected chi connectivity index (χ2v) is 4.39. The lowest BCUT2D eigenvalue weighted by Gasteiger charge is -2.29. The van der Waals surface area contributed by atoms with Gasteiger partial charge in [-0.2, -0.15) is 0 Å². The Morgan fingerprint density at radius 1 is 1.33 bits per heavy atom.